The van der Waals surface area contributed by atoms with Gasteiger partial charge in [0.2, 0.25) is 0 Å². The van der Waals surface area contributed by atoms with Crippen molar-refractivity contribution in [3.8, 4) is 17.6 Å². The standard InChI is InChI=1S/C22H26O2/c1-3-4-5-9-18-24-22(17-12-19-10-7-6-8-11-19)20-13-15-21(23-2)16-14-20/h6-8,10-11,13-16,22H,3-5,9,18H2,1-2H3. The van der Waals surface area contributed by atoms with Crippen LogP contribution in [0.4, 0.5) is 0 Å². The van der Waals surface area contributed by atoms with E-state index in [4.69, 9.17) is 9.47 Å². The van der Waals surface area contributed by atoms with E-state index in [2.05, 4.69) is 18.8 Å². The third-order valence-electron chi connectivity index (χ3n) is 3.82. The Kier molecular flexibility index (Phi) is 7.93. The van der Waals surface area contributed by atoms with Gasteiger partial charge in [-0.25, -0.2) is 0 Å². The van der Waals surface area contributed by atoms with Crippen LogP contribution in [0.3, 0.4) is 0 Å². The zero-order chi connectivity index (χ0) is 17.0. The Morgan fingerprint density at radius 2 is 1.67 bits per heavy atom. The van der Waals surface area contributed by atoms with Crippen molar-refractivity contribution in [2.75, 3.05) is 13.7 Å². The summed E-state index contributed by atoms with van der Waals surface area (Å²) < 4.78 is 11.3. The highest BCUT2D eigenvalue weighted by Gasteiger charge is 2.09. The molecule has 0 aromatic heterocycles. The molecule has 2 nitrogen and oxygen atoms in total. The molecule has 0 fully saturated rings. The van der Waals surface area contributed by atoms with Gasteiger partial charge < -0.3 is 9.47 Å². The average molecular weight is 322 g/mol. The number of unbranched alkanes of at least 4 members (excludes halogenated alkanes) is 3. The van der Waals surface area contributed by atoms with Crippen molar-refractivity contribution < 1.29 is 9.47 Å². The van der Waals surface area contributed by atoms with E-state index in [1.807, 2.05) is 54.6 Å². The van der Waals surface area contributed by atoms with Crippen LogP contribution in [0.25, 0.3) is 0 Å². The van der Waals surface area contributed by atoms with E-state index in [9.17, 15) is 0 Å². The van der Waals surface area contributed by atoms with Crippen molar-refractivity contribution in [2.45, 2.75) is 38.7 Å². The fraction of sp³-hybridized carbons (Fsp3) is 0.364. The molecule has 0 bridgehead atoms. The Hall–Kier alpha value is -2.24. The van der Waals surface area contributed by atoms with Gasteiger partial charge in [0.15, 0.2) is 0 Å². The topological polar surface area (TPSA) is 18.5 Å². The van der Waals surface area contributed by atoms with E-state index < -0.39 is 0 Å². The summed E-state index contributed by atoms with van der Waals surface area (Å²) in [5.74, 6) is 7.33. The van der Waals surface area contributed by atoms with Crippen molar-refractivity contribution in [3.63, 3.8) is 0 Å². The van der Waals surface area contributed by atoms with E-state index in [0.29, 0.717) is 0 Å². The van der Waals surface area contributed by atoms with Crippen molar-refractivity contribution in [3.05, 3.63) is 65.7 Å². The number of hydrogen-bond donors (Lipinski definition) is 0. The summed E-state index contributed by atoms with van der Waals surface area (Å²) in [6.45, 7) is 2.95. The molecule has 2 aromatic carbocycles. The molecule has 2 rings (SSSR count). The monoisotopic (exact) mass is 322 g/mol. The first kappa shape index (κ1) is 18.1. The first-order chi connectivity index (χ1) is 11.8. The fourth-order valence-electron chi connectivity index (χ4n) is 2.40. The fourth-order valence-corrected chi connectivity index (χ4v) is 2.40. The number of ether oxygens (including phenoxy) is 2. The lowest BCUT2D eigenvalue weighted by molar-refractivity contribution is 0.0882. The number of hydrogen-bond acceptors (Lipinski definition) is 2. The van der Waals surface area contributed by atoms with Crippen molar-refractivity contribution in [1.29, 1.82) is 0 Å². The third kappa shape index (κ3) is 6.10. The van der Waals surface area contributed by atoms with Crippen LogP contribution < -0.4 is 4.74 Å². The van der Waals surface area contributed by atoms with Gasteiger partial charge in [-0.2, -0.15) is 0 Å². The first-order valence-corrected chi connectivity index (χ1v) is 8.65. The summed E-state index contributed by atoms with van der Waals surface area (Å²) in [6, 6.07) is 18.0. The van der Waals surface area contributed by atoms with Gasteiger partial charge in [-0.3, -0.25) is 0 Å². The maximum atomic E-state index is 6.06. The summed E-state index contributed by atoms with van der Waals surface area (Å²) in [4.78, 5) is 0. The van der Waals surface area contributed by atoms with Gasteiger partial charge in [0.25, 0.3) is 0 Å². The van der Waals surface area contributed by atoms with E-state index in [0.717, 1.165) is 29.9 Å². The van der Waals surface area contributed by atoms with Gasteiger partial charge in [0, 0.05) is 12.2 Å². The molecule has 0 saturated carbocycles. The quantitative estimate of drug-likeness (QED) is 0.479. The zero-order valence-corrected chi connectivity index (χ0v) is 14.6. The predicted molar refractivity (Wildman–Crippen MR) is 99.1 cm³/mol. The minimum absolute atomic E-state index is 0.210. The number of benzene rings is 2. The second kappa shape index (κ2) is 10.5. The highest BCUT2D eigenvalue weighted by Crippen LogP contribution is 2.21. The van der Waals surface area contributed by atoms with Crippen LogP contribution in [0.5, 0.6) is 5.75 Å². The molecule has 0 saturated heterocycles. The van der Waals surface area contributed by atoms with Crippen LogP contribution in [0.15, 0.2) is 54.6 Å². The van der Waals surface area contributed by atoms with Gasteiger partial charge in [0.1, 0.15) is 11.9 Å². The molecule has 0 radical (unpaired) electrons. The molecule has 0 aliphatic rings. The molecule has 0 heterocycles. The molecule has 0 aliphatic heterocycles. The molecule has 0 aliphatic carbocycles. The third-order valence-corrected chi connectivity index (χ3v) is 3.82. The van der Waals surface area contributed by atoms with Gasteiger partial charge in [-0.1, -0.05) is 68.4 Å². The Bertz CT molecular complexity index is 635. The molecule has 0 amide bonds. The molecule has 126 valence electrons. The maximum Gasteiger partial charge on any atom is 0.143 e. The Morgan fingerprint density at radius 1 is 0.917 bits per heavy atom. The number of methoxy groups -OCH3 is 1. The number of rotatable bonds is 8. The second-order valence-electron chi connectivity index (χ2n) is 5.72. The Labute approximate surface area is 145 Å². The highest BCUT2D eigenvalue weighted by molar-refractivity contribution is 5.38. The van der Waals surface area contributed by atoms with Crippen LogP contribution in [0.1, 0.15) is 49.8 Å². The normalized spacial score (nSPS) is 11.4. The average Bonchev–Trinajstić information content (AvgIpc) is 2.65. The van der Waals surface area contributed by atoms with Crippen LogP contribution in [-0.2, 0) is 4.74 Å². The van der Waals surface area contributed by atoms with E-state index in [1.54, 1.807) is 7.11 Å². The lowest BCUT2D eigenvalue weighted by Gasteiger charge is -2.13. The summed E-state index contributed by atoms with van der Waals surface area (Å²) in [5, 5.41) is 0. The summed E-state index contributed by atoms with van der Waals surface area (Å²) in [7, 11) is 1.67. The Balaban J connectivity index is 2.07. The van der Waals surface area contributed by atoms with E-state index in [1.165, 1.54) is 19.3 Å². The van der Waals surface area contributed by atoms with Crippen LogP contribution in [0.2, 0.25) is 0 Å². The lowest BCUT2D eigenvalue weighted by Crippen LogP contribution is -2.04. The summed E-state index contributed by atoms with van der Waals surface area (Å²) in [5.41, 5.74) is 2.07. The van der Waals surface area contributed by atoms with Crippen molar-refractivity contribution in [2.24, 2.45) is 0 Å². The SMILES string of the molecule is CCCCCCOC(C#Cc1ccccc1)c1ccc(OC)cc1. The van der Waals surface area contributed by atoms with Gasteiger partial charge in [0.05, 0.1) is 7.11 Å². The minimum Gasteiger partial charge on any atom is -0.497 e. The zero-order valence-electron chi connectivity index (χ0n) is 14.6. The molecule has 0 N–H and O–H groups in total. The second-order valence-corrected chi connectivity index (χ2v) is 5.72. The summed E-state index contributed by atoms with van der Waals surface area (Å²) >= 11 is 0. The van der Waals surface area contributed by atoms with Crippen LogP contribution >= 0.6 is 0 Å². The minimum atomic E-state index is -0.210. The first-order valence-electron chi connectivity index (χ1n) is 8.65. The molecular weight excluding hydrogens is 296 g/mol. The molecule has 2 heteroatoms. The van der Waals surface area contributed by atoms with Crippen LogP contribution in [-0.4, -0.2) is 13.7 Å². The van der Waals surface area contributed by atoms with Gasteiger partial charge in [-0.15, -0.1) is 0 Å². The van der Waals surface area contributed by atoms with E-state index >= 15 is 0 Å². The smallest absolute Gasteiger partial charge is 0.143 e. The lowest BCUT2D eigenvalue weighted by atomic mass is 10.1. The molecule has 2 aromatic rings. The molecular formula is C22H26O2. The van der Waals surface area contributed by atoms with Crippen molar-refractivity contribution in [1.82, 2.24) is 0 Å². The largest absolute Gasteiger partial charge is 0.497 e. The van der Waals surface area contributed by atoms with E-state index in [-0.39, 0.29) is 6.10 Å². The summed E-state index contributed by atoms with van der Waals surface area (Å²) in [6.07, 6.45) is 4.56. The molecule has 24 heavy (non-hydrogen) atoms. The molecule has 0 spiro atoms. The van der Waals surface area contributed by atoms with Gasteiger partial charge >= 0.3 is 0 Å². The van der Waals surface area contributed by atoms with Crippen molar-refractivity contribution >= 4 is 0 Å². The Morgan fingerprint density at radius 3 is 2.33 bits per heavy atom. The molecule has 1 unspecified atom stereocenters. The predicted octanol–water partition coefficient (Wildman–Crippen LogP) is 5.38. The van der Waals surface area contributed by atoms with Gasteiger partial charge in [-0.05, 0) is 36.2 Å². The molecule has 1 atom stereocenters. The maximum absolute atomic E-state index is 6.06. The highest BCUT2D eigenvalue weighted by atomic mass is 16.5. The van der Waals surface area contributed by atoms with Crippen LogP contribution in [0, 0.1) is 11.8 Å².